The highest BCUT2D eigenvalue weighted by Gasteiger charge is 2.12. The van der Waals surface area contributed by atoms with Crippen molar-refractivity contribution in [2.24, 2.45) is 5.73 Å². The van der Waals surface area contributed by atoms with Crippen LogP contribution in [0.5, 0.6) is 0 Å². The molecule has 88 valence electrons. The minimum atomic E-state index is 0.301. The molecule has 0 aromatic heterocycles. The summed E-state index contributed by atoms with van der Waals surface area (Å²) >= 11 is 0. The minimum Gasteiger partial charge on any atom is -0.388 e. The third-order valence-corrected chi connectivity index (χ3v) is 3.08. The third-order valence-electron chi connectivity index (χ3n) is 3.08. The summed E-state index contributed by atoms with van der Waals surface area (Å²) in [5.41, 5.74) is 5.36. The predicted molar refractivity (Wildman–Crippen MR) is 64.3 cm³/mol. The van der Waals surface area contributed by atoms with Gasteiger partial charge in [0.15, 0.2) is 0 Å². The maximum absolute atomic E-state index is 7.20. The number of amidine groups is 1. The smallest absolute Gasteiger partial charge is 0.0918 e. The summed E-state index contributed by atoms with van der Waals surface area (Å²) in [5, 5.41) is 7.20. The van der Waals surface area contributed by atoms with Crippen LogP contribution in [-0.2, 0) is 0 Å². The Kier molecular flexibility index (Phi) is 5.65. The van der Waals surface area contributed by atoms with Crippen LogP contribution in [0.25, 0.3) is 0 Å². The summed E-state index contributed by atoms with van der Waals surface area (Å²) in [4.78, 5) is 4.90. The first-order valence-corrected chi connectivity index (χ1v) is 6.00. The number of hydrogen-bond acceptors (Lipinski definition) is 3. The molecule has 0 bridgehead atoms. The van der Waals surface area contributed by atoms with Gasteiger partial charge in [0.1, 0.15) is 0 Å². The van der Waals surface area contributed by atoms with Crippen molar-refractivity contribution in [2.45, 2.75) is 26.2 Å². The summed E-state index contributed by atoms with van der Waals surface area (Å²) in [6.07, 6.45) is 3.42. The van der Waals surface area contributed by atoms with Crippen LogP contribution in [0.3, 0.4) is 0 Å². The van der Waals surface area contributed by atoms with Crippen LogP contribution in [0.2, 0.25) is 0 Å². The van der Waals surface area contributed by atoms with Gasteiger partial charge < -0.3 is 15.5 Å². The van der Waals surface area contributed by atoms with E-state index in [0.29, 0.717) is 12.3 Å². The number of likely N-dealkylation sites (N-methyl/N-ethyl adjacent to an activating group) is 1. The quantitative estimate of drug-likeness (QED) is 0.483. The van der Waals surface area contributed by atoms with E-state index in [0.717, 1.165) is 19.6 Å². The molecular formula is C11H24N4. The monoisotopic (exact) mass is 212 g/mol. The maximum atomic E-state index is 7.20. The first-order valence-electron chi connectivity index (χ1n) is 6.00. The highest BCUT2D eigenvalue weighted by atomic mass is 15.2. The lowest BCUT2D eigenvalue weighted by Crippen LogP contribution is -2.35. The molecule has 0 amide bonds. The van der Waals surface area contributed by atoms with E-state index in [9.17, 15) is 0 Å². The number of rotatable bonds is 7. The van der Waals surface area contributed by atoms with Gasteiger partial charge in [0.2, 0.25) is 0 Å². The van der Waals surface area contributed by atoms with Crippen LogP contribution in [0.1, 0.15) is 26.2 Å². The van der Waals surface area contributed by atoms with Crippen LogP contribution in [0.4, 0.5) is 0 Å². The van der Waals surface area contributed by atoms with Crippen LogP contribution in [0.15, 0.2) is 0 Å². The highest BCUT2D eigenvalue weighted by Crippen LogP contribution is 2.06. The second kappa shape index (κ2) is 6.80. The molecule has 1 saturated heterocycles. The van der Waals surface area contributed by atoms with Gasteiger partial charge in [0, 0.05) is 26.1 Å². The summed E-state index contributed by atoms with van der Waals surface area (Å²) in [6.45, 7) is 8.98. The fraction of sp³-hybridized carbons (Fsp3) is 0.909. The van der Waals surface area contributed by atoms with Gasteiger partial charge in [-0.3, -0.25) is 5.41 Å². The summed E-state index contributed by atoms with van der Waals surface area (Å²) in [6, 6.07) is 0. The first kappa shape index (κ1) is 12.5. The highest BCUT2D eigenvalue weighted by molar-refractivity contribution is 5.76. The SMILES string of the molecule is CCN(CCC(=N)N)CCN1CCCC1. The lowest BCUT2D eigenvalue weighted by molar-refractivity contribution is 0.237. The van der Waals surface area contributed by atoms with Crippen molar-refractivity contribution in [2.75, 3.05) is 39.3 Å². The van der Waals surface area contributed by atoms with Crippen LogP contribution < -0.4 is 5.73 Å². The molecule has 1 rings (SSSR count). The van der Waals surface area contributed by atoms with Crippen LogP contribution in [-0.4, -0.2) is 54.9 Å². The molecule has 1 aliphatic heterocycles. The predicted octanol–water partition coefficient (Wildman–Crippen LogP) is 0.730. The Bertz CT molecular complexity index is 187. The van der Waals surface area contributed by atoms with Gasteiger partial charge in [0.25, 0.3) is 0 Å². The summed E-state index contributed by atoms with van der Waals surface area (Å²) in [7, 11) is 0. The molecule has 0 radical (unpaired) electrons. The molecular weight excluding hydrogens is 188 g/mol. The Hall–Kier alpha value is -0.610. The number of nitrogens with two attached hydrogens (primary N) is 1. The van der Waals surface area contributed by atoms with E-state index < -0.39 is 0 Å². The molecule has 0 aromatic carbocycles. The van der Waals surface area contributed by atoms with E-state index in [1.807, 2.05) is 0 Å². The molecule has 1 heterocycles. The Labute approximate surface area is 92.9 Å². The minimum absolute atomic E-state index is 0.301. The molecule has 0 unspecified atom stereocenters. The molecule has 0 aromatic rings. The molecule has 3 N–H and O–H groups in total. The van der Waals surface area contributed by atoms with E-state index in [2.05, 4.69) is 16.7 Å². The Balaban J connectivity index is 2.12. The number of nitrogens with one attached hydrogen (secondary N) is 1. The van der Waals surface area contributed by atoms with Gasteiger partial charge in [-0.2, -0.15) is 0 Å². The second-order valence-corrected chi connectivity index (χ2v) is 4.26. The number of hydrogen-bond donors (Lipinski definition) is 2. The average molecular weight is 212 g/mol. The Morgan fingerprint density at radius 3 is 2.53 bits per heavy atom. The van der Waals surface area contributed by atoms with E-state index in [1.165, 1.54) is 32.5 Å². The van der Waals surface area contributed by atoms with E-state index >= 15 is 0 Å². The van der Waals surface area contributed by atoms with Crippen molar-refractivity contribution >= 4 is 5.84 Å². The van der Waals surface area contributed by atoms with Gasteiger partial charge in [-0.05, 0) is 32.5 Å². The molecule has 0 aliphatic carbocycles. The molecule has 0 spiro atoms. The molecule has 4 nitrogen and oxygen atoms in total. The zero-order valence-electron chi connectivity index (χ0n) is 9.84. The fourth-order valence-electron chi connectivity index (χ4n) is 2.00. The lowest BCUT2D eigenvalue weighted by Gasteiger charge is -2.23. The normalized spacial score (nSPS) is 17.5. The Morgan fingerprint density at radius 1 is 1.33 bits per heavy atom. The van der Waals surface area contributed by atoms with Gasteiger partial charge in [-0.15, -0.1) is 0 Å². The molecule has 15 heavy (non-hydrogen) atoms. The van der Waals surface area contributed by atoms with E-state index in [4.69, 9.17) is 11.1 Å². The van der Waals surface area contributed by atoms with Crippen LogP contribution in [0, 0.1) is 5.41 Å². The molecule has 4 heteroatoms. The molecule has 1 fully saturated rings. The van der Waals surface area contributed by atoms with Gasteiger partial charge in [-0.1, -0.05) is 6.92 Å². The topological polar surface area (TPSA) is 56.4 Å². The van der Waals surface area contributed by atoms with Gasteiger partial charge in [0.05, 0.1) is 5.84 Å². The molecule has 1 aliphatic rings. The largest absolute Gasteiger partial charge is 0.388 e. The molecule has 0 atom stereocenters. The van der Waals surface area contributed by atoms with Crippen molar-refractivity contribution < 1.29 is 0 Å². The fourth-order valence-corrected chi connectivity index (χ4v) is 2.00. The van der Waals surface area contributed by atoms with E-state index in [1.54, 1.807) is 0 Å². The van der Waals surface area contributed by atoms with Crippen molar-refractivity contribution in [3.8, 4) is 0 Å². The third kappa shape index (κ3) is 5.14. The van der Waals surface area contributed by atoms with E-state index in [-0.39, 0.29) is 0 Å². The maximum Gasteiger partial charge on any atom is 0.0918 e. The standard InChI is InChI=1S/C11H24N4/c1-2-14(8-5-11(12)13)9-10-15-6-3-4-7-15/h2-10H2,1H3,(H3,12,13). The lowest BCUT2D eigenvalue weighted by atomic mass is 10.3. The van der Waals surface area contributed by atoms with Crippen molar-refractivity contribution in [1.29, 1.82) is 5.41 Å². The summed E-state index contributed by atoms with van der Waals surface area (Å²) in [5.74, 6) is 0.301. The van der Waals surface area contributed by atoms with Crippen molar-refractivity contribution in [1.82, 2.24) is 9.80 Å². The number of nitrogens with zero attached hydrogens (tertiary/aromatic N) is 2. The van der Waals surface area contributed by atoms with Gasteiger partial charge in [-0.25, -0.2) is 0 Å². The second-order valence-electron chi connectivity index (χ2n) is 4.26. The zero-order valence-corrected chi connectivity index (χ0v) is 9.84. The van der Waals surface area contributed by atoms with Crippen molar-refractivity contribution in [3.63, 3.8) is 0 Å². The van der Waals surface area contributed by atoms with Crippen molar-refractivity contribution in [3.05, 3.63) is 0 Å². The average Bonchev–Trinajstić information content (AvgIpc) is 2.70. The zero-order chi connectivity index (χ0) is 11.1. The van der Waals surface area contributed by atoms with Crippen LogP contribution >= 0.6 is 0 Å². The summed E-state index contributed by atoms with van der Waals surface area (Å²) < 4.78 is 0. The Morgan fingerprint density at radius 2 is 2.00 bits per heavy atom. The first-order chi connectivity index (χ1) is 7.22. The number of likely N-dealkylation sites (tertiary alicyclic amines) is 1. The molecule has 0 saturated carbocycles. The van der Waals surface area contributed by atoms with Gasteiger partial charge >= 0.3 is 0 Å².